The molecular formula is C16H19N3O. The standard InChI is InChI=1S/C16H19N3O/c1-11-3-4-14(7-12(11)2)18-16(20)13-5-6-19-10-17-9-15(19)8-13/h3-4,7,9-10,13H,5-6,8H2,1-2H3,(H,18,20). The van der Waals surface area contributed by atoms with Crippen LogP contribution in [-0.2, 0) is 17.8 Å². The van der Waals surface area contributed by atoms with Crippen LogP contribution < -0.4 is 5.32 Å². The molecule has 4 nitrogen and oxygen atoms in total. The lowest BCUT2D eigenvalue weighted by molar-refractivity contribution is -0.120. The molecule has 2 aromatic rings. The first-order valence-electron chi connectivity index (χ1n) is 7.00. The molecule has 1 amide bonds. The predicted molar refractivity (Wildman–Crippen MR) is 78.6 cm³/mol. The van der Waals surface area contributed by atoms with E-state index in [4.69, 9.17) is 0 Å². The zero-order valence-corrected chi connectivity index (χ0v) is 11.9. The Morgan fingerprint density at radius 1 is 1.35 bits per heavy atom. The van der Waals surface area contributed by atoms with E-state index >= 15 is 0 Å². The number of nitrogens with zero attached hydrogens (tertiary/aromatic N) is 2. The molecule has 2 heterocycles. The number of rotatable bonds is 2. The quantitative estimate of drug-likeness (QED) is 0.911. The highest BCUT2D eigenvalue weighted by atomic mass is 16.1. The molecule has 3 rings (SSSR count). The van der Waals surface area contributed by atoms with E-state index in [1.807, 2.05) is 30.7 Å². The predicted octanol–water partition coefficient (Wildman–Crippen LogP) is 2.70. The number of hydrogen-bond donors (Lipinski definition) is 1. The van der Waals surface area contributed by atoms with E-state index in [0.29, 0.717) is 0 Å². The van der Waals surface area contributed by atoms with Crippen LogP contribution in [-0.4, -0.2) is 15.5 Å². The molecule has 0 spiro atoms. The van der Waals surface area contributed by atoms with Crippen molar-refractivity contribution in [1.29, 1.82) is 0 Å². The Hall–Kier alpha value is -2.10. The van der Waals surface area contributed by atoms with Crippen LogP contribution in [0.3, 0.4) is 0 Å². The van der Waals surface area contributed by atoms with Crippen LogP contribution in [0.5, 0.6) is 0 Å². The summed E-state index contributed by atoms with van der Waals surface area (Å²) in [6.07, 6.45) is 5.35. The van der Waals surface area contributed by atoms with E-state index in [1.165, 1.54) is 11.1 Å². The minimum absolute atomic E-state index is 0.0424. The van der Waals surface area contributed by atoms with Gasteiger partial charge in [0.2, 0.25) is 5.91 Å². The fourth-order valence-electron chi connectivity index (χ4n) is 2.66. The number of carbonyl (C=O) groups excluding carboxylic acids is 1. The fraction of sp³-hybridized carbons (Fsp3) is 0.375. The number of imidazole rings is 1. The van der Waals surface area contributed by atoms with Gasteiger partial charge in [0.15, 0.2) is 0 Å². The second kappa shape index (κ2) is 5.12. The maximum Gasteiger partial charge on any atom is 0.227 e. The summed E-state index contributed by atoms with van der Waals surface area (Å²) in [7, 11) is 0. The van der Waals surface area contributed by atoms with Gasteiger partial charge in [-0.05, 0) is 43.5 Å². The van der Waals surface area contributed by atoms with Crippen molar-refractivity contribution in [2.75, 3.05) is 5.32 Å². The Labute approximate surface area is 118 Å². The van der Waals surface area contributed by atoms with Crippen LogP contribution in [0.2, 0.25) is 0 Å². The van der Waals surface area contributed by atoms with Gasteiger partial charge in [0.05, 0.1) is 6.33 Å². The number of aromatic nitrogens is 2. The van der Waals surface area contributed by atoms with Crippen molar-refractivity contribution in [2.24, 2.45) is 5.92 Å². The molecule has 1 aliphatic rings. The van der Waals surface area contributed by atoms with E-state index in [-0.39, 0.29) is 11.8 Å². The molecule has 1 atom stereocenters. The van der Waals surface area contributed by atoms with Crippen LogP contribution >= 0.6 is 0 Å². The minimum atomic E-state index is 0.0424. The zero-order valence-electron chi connectivity index (χ0n) is 11.9. The molecule has 1 aromatic carbocycles. The van der Waals surface area contributed by atoms with Gasteiger partial charge in [-0.1, -0.05) is 6.07 Å². The maximum atomic E-state index is 12.4. The van der Waals surface area contributed by atoms with Crippen LogP contribution in [0.25, 0.3) is 0 Å². The van der Waals surface area contributed by atoms with Crippen LogP contribution in [0.1, 0.15) is 23.2 Å². The minimum Gasteiger partial charge on any atom is -0.335 e. The molecule has 0 saturated carbocycles. The first-order valence-corrected chi connectivity index (χ1v) is 7.00. The average molecular weight is 269 g/mol. The second-order valence-electron chi connectivity index (χ2n) is 5.56. The Morgan fingerprint density at radius 3 is 3.00 bits per heavy atom. The molecule has 0 bridgehead atoms. The monoisotopic (exact) mass is 269 g/mol. The lowest BCUT2D eigenvalue weighted by atomic mass is 9.95. The topological polar surface area (TPSA) is 46.9 Å². The van der Waals surface area contributed by atoms with E-state index in [1.54, 1.807) is 0 Å². The van der Waals surface area contributed by atoms with Gasteiger partial charge in [-0.2, -0.15) is 0 Å². The summed E-state index contributed by atoms with van der Waals surface area (Å²) in [6.45, 7) is 5.01. The van der Waals surface area contributed by atoms with Crippen molar-refractivity contribution in [3.05, 3.63) is 47.5 Å². The highest BCUT2D eigenvalue weighted by Gasteiger charge is 2.24. The van der Waals surface area contributed by atoms with Crippen LogP contribution in [0, 0.1) is 19.8 Å². The van der Waals surface area contributed by atoms with Gasteiger partial charge in [-0.25, -0.2) is 4.98 Å². The number of fused-ring (bicyclic) bond motifs is 1. The van der Waals surface area contributed by atoms with E-state index in [0.717, 1.165) is 30.8 Å². The van der Waals surface area contributed by atoms with Crippen molar-refractivity contribution in [2.45, 2.75) is 33.2 Å². The summed E-state index contributed by atoms with van der Waals surface area (Å²) >= 11 is 0. The summed E-state index contributed by atoms with van der Waals surface area (Å²) in [5, 5.41) is 3.03. The lowest BCUT2D eigenvalue weighted by Crippen LogP contribution is -2.29. The molecule has 1 aromatic heterocycles. The van der Waals surface area contributed by atoms with Gasteiger partial charge >= 0.3 is 0 Å². The Balaban J connectivity index is 1.69. The summed E-state index contributed by atoms with van der Waals surface area (Å²) in [5.74, 6) is 0.154. The van der Waals surface area contributed by atoms with E-state index < -0.39 is 0 Å². The van der Waals surface area contributed by atoms with Crippen molar-refractivity contribution in [3.8, 4) is 0 Å². The molecule has 1 aliphatic heterocycles. The SMILES string of the molecule is Cc1ccc(NC(=O)C2CCn3cncc3C2)cc1C. The summed E-state index contributed by atoms with van der Waals surface area (Å²) in [4.78, 5) is 16.5. The number of anilines is 1. The van der Waals surface area contributed by atoms with Gasteiger partial charge < -0.3 is 9.88 Å². The Bertz CT molecular complexity index is 645. The Morgan fingerprint density at radius 2 is 2.20 bits per heavy atom. The largest absolute Gasteiger partial charge is 0.335 e. The second-order valence-corrected chi connectivity index (χ2v) is 5.56. The van der Waals surface area contributed by atoms with Crippen molar-refractivity contribution >= 4 is 11.6 Å². The molecule has 1 unspecified atom stereocenters. The van der Waals surface area contributed by atoms with Crippen LogP contribution in [0.15, 0.2) is 30.7 Å². The molecule has 0 fully saturated rings. The molecular weight excluding hydrogens is 250 g/mol. The summed E-state index contributed by atoms with van der Waals surface area (Å²) in [5.41, 5.74) is 4.47. The number of amides is 1. The molecule has 0 aliphatic carbocycles. The summed E-state index contributed by atoms with van der Waals surface area (Å²) < 4.78 is 2.12. The third-order valence-electron chi connectivity index (χ3n) is 4.12. The molecule has 1 N–H and O–H groups in total. The molecule has 104 valence electrons. The van der Waals surface area contributed by atoms with E-state index in [9.17, 15) is 4.79 Å². The smallest absolute Gasteiger partial charge is 0.227 e. The van der Waals surface area contributed by atoms with Crippen LogP contribution in [0.4, 0.5) is 5.69 Å². The van der Waals surface area contributed by atoms with E-state index in [2.05, 4.69) is 28.7 Å². The number of nitrogens with one attached hydrogen (secondary N) is 1. The van der Waals surface area contributed by atoms with Gasteiger partial charge in [-0.15, -0.1) is 0 Å². The third-order valence-corrected chi connectivity index (χ3v) is 4.12. The highest BCUT2D eigenvalue weighted by Crippen LogP contribution is 2.22. The number of hydrogen-bond acceptors (Lipinski definition) is 2. The van der Waals surface area contributed by atoms with Crippen molar-refractivity contribution in [1.82, 2.24) is 9.55 Å². The van der Waals surface area contributed by atoms with Gasteiger partial charge in [0.25, 0.3) is 0 Å². The zero-order chi connectivity index (χ0) is 14.1. The average Bonchev–Trinajstić information content (AvgIpc) is 2.90. The van der Waals surface area contributed by atoms with Crippen molar-refractivity contribution in [3.63, 3.8) is 0 Å². The molecule has 20 heavy (non-hydrogen) atoms. The fourth-order valence-corrected chi connectivity index (χ4v) is 2.66. The number of carbonyl (C=O) groups is 1. The first-order chi connectivity index (χ1) is 9.63. The highest BCUT2D eigenvalue weighted by molar-refractivity contribution is 5.92. The molecule has 0 saturated heterocycles. The first kappa shape index (κ1) is 12.9. The third kappa shape index (κ3) is 2.46. The number of aryl methyl sites for hydroxylation is 3. The summed E-state index contributed by atoms with van der Waals surface area (Å²) in [6, 6.07) is 6.04. The van der Waals surface area contributed by atoms with Gasteiger partial charge in [-0.3, -0.25) is 4.79 Å². The maximum absolute atomic E-state index is 12.4. The Kier molecular flexibility index (Phi) is 3.30. The number of benzene rings is 1. The van der Waals surface area contributed by atoms with Crippen molar-refractivity contribution < 1.29 is 4.79 Å². The molecule has 4 heteroatoms. The van der Waals surface area contributed by atoms with Gasteiger partial charge in [0.1, 0.15) is 0 Å². The normalized spacial score (nSPS) is 17.6. The van der Waals surface area contributed by atoms with Gasteiger partial charge in [0, 0.05) is 36.5 Å². The lowest BCUT2D eigenvalue weighted by Gasteiger charge is -2.23. The molecule has 0 radical (unpaired) electrons.